The number of halogens is 1. The average molecular weight is 529 g/mol. The first-order valence-corrected chi connectivity index (χ1v) is 12.5. The summed E-state index contributed by atoms with van der Waals surface area (Å²) in [6, 6.07) is 11.9. The lowest BCUT2D eigenvalue weighted by molar-refractivity contribution is 0.391. The van der Waals surface area contributed by atoms with Crippen molar-refractivity contribution in [3.05, 3.63) is 65.1 Å². The van der Waals surface area contributed by atoms with Gasteiger partial charge in [-0.2, -0.15) is 5.26 Å². The number of nitrogens with one attached hydrogen (secondary N) is 1. The van der Waals surface area contributed by atoms with Gasteiger partial charge in [-0.15, -0.1) is 10.2 Å². The summed E-state index contributed by atoms with van der Waals surface area (Å²) in [7, 11) is -1.08. The molecule has 13 heteroatoms. The van der Waals surface area contributed by atoms with Crippen molar-refractivity contribution < 1.29 is 22.3 Å². The maximum Gasteiger partial charge on any atom is 0.243 e. The molecule has 186 valence electrons. The topological polar surface area (TPSA) is 145 Å². The number of aromatic nitrogens is 4. The highest BCUT2D eigenvalue weighted by molar-refractivity contribution is 7.93. The van der Waals surface area contributed by atoms with Crippen molar-refractivity contribution in [2.75, 3.05) is 18.9 Å². The van der Waals surface area contributed by atoms with Gasteiger partial charge < -0.3 is 13.9 Å². The summed E-state index contributed by atoms with van der Waals surface area (Å²) in [6.45, 7) is 1.50. The van der Waals surface area contributed by atoms with E-state index < -0.39 is 15.3 Å². The number of benzene rings is 1. The van der Waals surface area contributed by atoms with E-state index in [9.17, 15) is 13.7 Å². The summed E-state index contributed by atoms with van der Waals surface area (Å²) in [5, 5.41) is 16.9. The molecule has 0 aliphatic heterocycles. The summed E-state index contributed by atoms with van der Waals surface area (Å²) in [4.78, 5) is 4.13. The summed E-state index contributed by atoms with van der Waals surface area (Å²) in [5.74, 6) is 1.23. The molecule has 3 aromatic heterocycles. The standard InChI is InChI=1S/C23H21ClN6O5S/c1-14(10-17-15(12-25)11-16(24)13-26-17)36(31,32)29-23-28-27-22(20-8-5-9-35-20)30(23)21-18(33-2)6-4-7-19(21)34-3/h4-9,11,13-14H,10H2,1-3H3,(H,28,29)/t14-/m0/s1. The van der Waals surface area contributed by atoms with Crippen LogP contribution in [-0.4, -0.2) is 47.6 Å². The van der Waals surface area contributed by atoms with E-state index in [2.05, 4.69) is 19.9 Å². The minimum Gasteiger partial charge on any atom is -0.494 e. The maximum absolute atomic E-state index is 13.3. The number of ether oxygens (including phenoxy) is 2. The van der Waals surface area contributed by atoms with Crippen LogP contribution in [-0.2, 0) is 16.4 Å². The Bertz CT molecular complexity index is 1510. The molecule has 0 aliphatic carbocycles. The Morgan fingerprint density at radius 3 is 2.53 bits per heavy atom. The van der Waals surface area contributed by atoms with Crippen LogP contribution in [0.4, 0.5) is 5.95 Å². The van der Waals surface area contributed by atoms with Gasteiger partial charge in [0.1, 0.15) is 23.3 Å². The van der Waals surface area contributed by atoms with Gasteiger partial charge in [-0.25, -0.2) is 8.42 Å². The van der Waals surface area contributed by atoms with Crippen LogP contribution >= 0.6 is 11.6 Å². The first-order valence-electron chi connectivity index (χ1n) is 10.6. The number of pyridine rings is 1. The third kappa shape index (κ3) is 4.84. The minimum absolute atomic E-state index is 0.0352. The van der Waals surface area contributed by atoms with Gasteiger partial charge in [-0.3, -0.25) is 14.3 Å². The number of anilines is 1. The molecule has 1 N–H and O–H groups in total. The molecule has 4 aromatic rings. The molecule has 0 aliphatic rings. The first-order chi connectivity index (χ1) is 17.3. The Morgan fingerprint density at radius 2 is 1.92 bits per heavy atom. The predicted molar refractivity (Wildman–Crippen MR) is 132 cm³/mol. The van der Waals surface area contributed by atoms with Gasteiger partial charge in [0.2, 0.25) is 21.8 Å². The Morgan fingerprint density at radius 1 is 1.19 bits per heavy atom. The molecule has 0 bridgehead atoms. The number of hydrogen-bond acceptors (Lipinski definition) is 9. The quantitative estimate of drug-likeness (QED) is 0.342. The number of nitrogens with zero attached hydrogens (tertiary/aromatic N) is 5. The minimum atomic E-state index is -4.04. The first kappa shape index (κ1) is 25.0. The van der Waals surface area contributed by atoms with Gasteiger partial charge in [0.25, 0.3) is 0 Å². The largest absolute Gasteiger partial charge is 0.494 e. The molecule has 3 heterocycles. The molecule has 36 heavy (non-hydrogen) atoms. The van der Waals surface area contributed by atoms with E-state index in [0.29, 0.717) is 28.6 Å². The van der Waals surface area contributed by atoms with Crippen molar-refractivity contribution in [3.8, 4) is 34.8 Å². The molecule has 0 saturated carbocycles. The normalized spacial score (nSPS) is 12.1. The SMILES string of the molecule is COc1cccc(OC)c1-n1c(NS(=O)(=O)[C@@H](C)Cc2ncc(Cl)cc2C#N)nnc1-c1ccco1. The molecule has 1 atom stereocenters. The van der Waals surface area contributed by atoms with Gasteiger partial charge in [0, 0.05) is 12.6 Å². The lowest BCUT2D eigenvalue weighted by atomic mass is 10.1. The van der Waals surface area contributed by atoms with Crippen molar-refractivity contribution in [2.24, 2.45) is 0 Å². The van der Waals surface area contributed by atoms with Crippen molar-refractivity contribution in [3.63, 3.8) is 0 Å². The third-order valence-corrected chi connectivity index (χ3v) is 7.23. The molecule has 0 radical (unpaired) electrons. The van der Waals surface area contributed by atoms with Gasteiger partial charge in [0.05, 0.1) is 42.0 Å². The number of sulfonamides is 1. The second kappa shape index (κ2) is 10.3. The number of hydrogen-bond donors (Lipinski definition) is 1. The van der Waals surface area contributed by atoms with E-state index in [1.165, 1.54) is 44.2 Å². The zero-order chi connectivity index (χ0) is 25.9. The van der Waals surface area contributed by atoms with Gasteiger partial charge in [0.15, 0.2) is 5.76 Å². The molecule has 11 nitrogen and oxygen atoms in total. The van der Waals surface area contributed by atoms with Gasteiger partial charge in [-0.1, -0.05) is 17.7 Å². The van der Waals surface area contributed by atoms with Crippen molar-refractivity contribution in [1.29, 1.82) is 5.26 Å². The Labute approximate surface area is 212 Å². The smallest absolute Gasteiger partial charge is 0.243 e. The number of para-hydroxylation sites is 1. The van der Waals surface area contributed by atoms with E-state index in [4.69, 9.17) is 25.5 Å². The van der Waals surface area contributed by atoms with Crippen LogP contribution in [0.25, 0.3) is 17.3 Å². The van der Waals surface area contributed by atoms with Crippen molar-refractivity contribution in [1.82, 2.24) is 19.7 Å². The highest BCUT2D eigenvalue weighted by Crippen LogP contribution is 2.37. The number of methoxy groups -OCH3 is 2. The molecule has 0 fully saturated rings. The van der Waals surface area contributed by atoms with Crippen LogP contribution in [0.3, 0.4) is 0 Å². The third-order valence-electron chi connectivity index (χ3n) is 5.33. The van der Waals surface area contributed by atoms with E-state index >= 15 is 0 Å². The van der Waals surface area contributed by atoms with Crippen LogP contribution in [0.15, 0.2) is 53.3 Å². The fourth-order valence-electron chi connectivity index (χ4n) is 3.52. The van der Waals surface area contributed by atoms with Gasteiger partial charge in [-0.05, 0) is 37.3 Å². The number of rotatable bonds is 9. The van der Waals surface area contributed by atoms with Crippen LogP contribution in [0.1, 0.15) is 18.2 Å². The zero-order valence-electron chi connectivity index (χ0n) is 19.5. The van der Waals surface area contributed by atoms with E-state index in [0.717, 1.165) is 0 Å². The lowest BCUT2D eigenvalue weighted by Crippen LogP contribution is -2.29. The Hall–Kier alpha value is -4.08. The number of nitriles is 1. The fourth-order valence-corrected chi connectivity index (χ4v) is 4.64. The lowest BCUT2D eigenvalue weighted by Gasteiger charge is -2.18. The number of furan rings is 1. The summed E-state index contributed by atoms with van der Waals surface area (Å²) in [6.07, 6.45) is 2.79. The second-order valence-electron chi connectivity index (χ2n) is 7.59. The second-order valence-corrected chi connectivity index (χ2v) is 10.1. The molecular formula is C23H21ClN6O5S. The molecule has 0 spiro atoms. The van der Waals surface area contributed by atoms with Crippen molar-refractivity contribution in [2.45, 2.75) is 18.6 Å². The van der Waals surface area contributed by atoms with Crippen molar-refractivity contribution >= 4 is 27.6 Å². The molecule has 1 aromatic carbocycles. The van der Waals surface area contributed by atoms with E-state index in [-0.39, 0.29) is 28.8 Å². The van der Waals surface area contributed by atoms with Gasteiger partial charge >= 0.3 is 0 Å². The highest BCUT2D eigenvalue weighted by Gasteiger charge is 2.29. The Kier molecular flexibility index (Phi) is 7.14. The van der Waals surface area contributed by atoms with Crippen LogP contribution < -0.4 is 14.2 Å². The predicted octanol–water partition coefficient (Wildman–Crippen LogP) is 3.84. The molecule has 0 amide bonds. The average Bonchev–Trinajstić information content (AvgIpc) is 3.54. The monoisotopic (exact) mass is 528 g/mol. The van der Waals surface area contributed by atoms with Crippen LogP contribution in [0.5, 0.6) is 11.5 Å². The van der Waals surface area contributed by atoms with E-state index in [1.54, 1.807) is 30.3 Å². The maximum atomic E-state index is 13.3. The zero-order valence-corrected chi connectivity index (χ0v) is 21.0. The summed E-state index contributed by atoms with van der Waals surface area (Å²) < 4.78 is 47.2. The van der Waals surface area contributed by atoms with E-state index in [1.807, 2.05) is 6.07 Å². The molecule has 0 saturated heterocycles. The summed E-state index contributed by atoms with van der Waals surface area (Å²) in [5.41, 5.74) is 0.880. The molecule has 4 rings (SSSR count). The highest BCUT2D eigenvalue weighted by atomic mass is 35.5. The fraction of sp³-hybridized carbons (Fsp3) is 0.217. The molecule has 0 unspecified atom stereocenters. The summed E-state index contributed by atoms with van der Waals surface area (Å²) >= 11 is 5.91. The molecular weight excluding hydrogens is 508 g/mol. The Balaban J connectivity index is 1.77. The van der Waals surface area contributed by atoms with Crippen LogP contribution in [0, 0.1) is 11.3 Å². The van der Waals surface area contributed by atoms with Crippen LogP contribution in [0.2, 0.25) is 5.02 Å².